The smallest absolute Gasteiger partial charge is 0.332 e. The molecule has 7 atom stereocenters. The molecule has 1 N–H and O–H groups in total. The molecule has 184 valence electrons. The molecule has 0 aromatic carbocycles. The first-order chi connectivity index (χ1) is 15.4. The van der Waals surface area contributed by atoms with Crippen LogP contribution in [0.5, 0.6) is 0 Å². The average Bonchev–Trinajstić information content (AvgIpc) is 3.09. The predicted octanol–water partition coefficient (Wildman–Crippen LogP) is 5.21. The maximum absolute atomic E-state index is 12.9. The lowest BCUT2D eigenvalue weighted by Gasteiger charge is -2.43. The van der Waals surface area contributed by atoms with Gasteiger partial charge in [-0.1, -0.05) is 46.8 Å². The van der Waals surface area contributed by atoms with Crippen LogP contribution in [0, 0.1) is 35.0 Å². The lowest BCUT2D eigenvalue weighted by molar-refractivity contribution is -0.167. The first kappa shape index (κ1) is 25.9. The zero-order valence-corrected chi connectivity index (χ0v) is 21.2. The van der Waals surface area contributed by atoms with Gasteiger partial charge in [-0.25, -0.2) is 4.79 Å². The minimum Gasteiger partial charge on any atom is -0.448 e. The lowest BCUT2D eigenvalue weighted by atomic mass is 9.61. The van der Waals surface area contributed by atoms with Gasteiger partial charge in [0.1, 0.15) is 0 Å². The van der Waals surface area contributed by atoms with Crippen molar-refractivity contribution in [3.63, 3.8) is 0 Å². The second-order valence-electron chi connectivity index (χ2n) is 11.6. The summed E-state index contributed by atoms with van der Waals surface area (Å²) in [6, 6.07) is 0. The van der Waals surface area contributed by atoms with Crippen molar-refractivity contribution in [3.05, 3.63) is 23.8 Å². The van der Waals surface area contributed by atoms with Crippen molar-refractivity contribution < 1.29 is 24.2 Å². The topological polar surface area (TPSA) is 80.7 Å². The van der Waals surface area contributed by atoms with Gasteiger partial charge in [0.15, 0.2) is 17.2 Å². The summed E-state index contributed by atoms with van der Waals surface area (Å²) >= 11 is 0. The van der Waals surface area contributed by atoms with Crippen LogP contribution in [0.1, 0.15) is 86.5 Å². The molecular formula is C28H42O5. The molecule has 0 spiro atoms. The van der Waals surface area contributed by atoms with Crippen LogP contribution in [0.15, 0.2) is 23.8 Å². The molecule has 0 heterocycles. The van der Waals surface area contributed by atoms with Crippen molar-refractivity contribution in [2.75, 3.05) is 0 Å². The highest BCUT2D eigenvalue weighted by atomic mass is 16.6. The number of aliphatic hydroxyl groups is 1. The van der Waals surface area contributed by atoms with E-state index in [2.05, 4.69) is 46.8 Å². The normalized spacial score (nSPS) is 38.1. The van der Waals surface area contributed by atoms with E-state index in [9.17, 15) is 19.5 Å². The third kappa shape index (κ3) is 5.34. The van der Waals surface area contributed by atoms with Crippen LogP contribution in [-0.2, 0) is 19.1 Å². The van der Waals surface area contributed by atoms with Gasteiger partial charge in [0.05, 0.1) is 6.10 Å². The molecule has 3 rings (SSSR count). The Bertz CT molecular complexity index is 839. The van der Waals surface area contributed by atoms with Gasteiger partial charge < -0.3 is 9.84 Å². The monoisotopic (exact) mass is 458 g/mol. The zero-order chi connectivity index (χ0) is 24.6. The zero-order valence-electron chi connectivity index (χ0n) is 21.2. The minimum atomic E-state index is -1.22. The van der Waals surface area contributed by atoms with Crippen molar-refractivity contribution in [3.8, 4) is 0 Å². The van der Waals surface area contributed by atoms with E-state index in [1.54, 1.807) is 6.92 Å². The third-order valence-corrected chi connectivity index (χ3v) is 8.97. The van der Waals surface area contributed by atoms with Crippen LogP contribution in [0.25, 0.3) is 0 Å². The number of carbonyl (C=O) groups is 3. The highest BCUT2D eigenvalue weighted by molar-refractivity contribution is 6.02. The molecule has 0 aromatic heterocycles. The van der Waals surface area contributed by atoms with Crippen LogP contribution >= 0.6 is 0 Å². The molecule has 3 fully saturated rings. The van der Waals surface area contributed by atoms with E-state index in [1.165, 1.54) is 6.08 Å². The van der Waals surface area contributed by atoms with Gasteiger partial charge in [0, 0.05) is 24.5 Å². The Kier molecular flexibility index (Phi) is 7.72. The van der Waals surface area contributed by atoms with Crippen LogP contribution < -0.4 is 0 Å². The molecule has 3 aliphatic carbocycles. The van der Waals surface area contributed by atoms with Gasteiger partial charge >= 0.3 is 5.97 Å². The lowest BCUT2D eigenvalue weighted by Crippen LogP contribution is -2.46. The molecule has 5 nitrogen and oxygen atoms in total. The SMILES string of the molecule is CC(C)C(C)/C=C/C(C)[C@H]1CC[C@H]2/C(=C\C(=O)O[C@]3(C)CC[C@@H](O)CC3=O)C(=O)CC[C@]12C. The standard InChI is InChI=1S/C28H42O5/c1-17(2)18(3)7-8-19(4)22-9-10-23-21(24(30)12-13-27(22,23)5)16-26(32)33-28(6)14-11-20(29)15-25(28)31/h7-8,16-20,22-23,29H,9-15H2,1-6H3/b8-7+,21-16+/t18?,19?,20-,22-,23+,27-,28-/m1/s1. The Hall–Kier alpha value is -1.75. The van der Waals surface area contributed by atoms with E-state index in [4.69, 9.17) is 4.74 Å². The number of fused-ring (bicyclic) bond motifs is 1. The highest BCUT2D eigenvalue weighted by Crippen LogP contribution is 2.58. The van der Waals surface area contributed by atoms with E-state index < -0.39 is 17.7 Å². The van der Waals surface area contributed by atoms with Gasteiger partial charge in [-0.2, -0.15) is 0 Å². The Morgan fingerprint density at radius 2 is 1.76 bits per heavy atom. The van der Waals surface area contributed by atoms with Gasteiger partial charge in [-0.15, -0.1) is 0 Å². The molecule has 0 saturated heterocycles. The van der Waals surface area contributed by atoms with Gasteiger partial charge in [0.2, 0.25) is 0 Å². The molecule has 0 aromatic rings. The number of hydrogen-bond acceptors (Lipinski definition) is 5. The Balaban J connectivity index is 1.76. The molecule has 33 heavy (non-hydrogen) atoms. The second-order valence-corrected chi connectivity index (χ2v) is 11.6. The van der Waals surface area contributed by atoms with Crippen LogP contribution in [-0.4, -0.2) is 34.3 Å². The van der Waals surface area contributed by atoms with Crippen molar-refractivity contribution in [2.24, 2.45) is 35.0 Å². The van der Waals surface area contributed by atoms with Gasteiger partial charge in [-0.05, 0) is 74.0 Å². The van der Waals surface area contributed by atoms with Crippen LogP contribution in [0.2, 0.25) is 0 Å². The number of carbonyl (C=O) groups excluding carboxylic acids is 3. The molecule has 3 saturated carbocycles. The van der Waals surface area contributed by atoms with E-state index in [1.807, 2.05) is 0 Å². The Labute approximate surface area is 199 Å². The van der Waals surface area contributed by atoms with E-state index in [-0.39, 0.29) is 29.3 Å². The fraction of sp³-hybridized carbons (Fsp3) is 0.750. The number of esters is 1. The fourth-order valence-corrected chi connectivity index (χ4v) is 6.21. The summed E-state index contributed by atoms with van der Waals surface area (Å²) in [6.45, 7) is 12.9. The number of ketones is 2. The number of aliphatic hydroxyl groups excluding tert-OH is 1. The molecule has 0 aliphatic heterocycles. The number of hydrogen-bond donors (Lipinski definition) is 1. The Morgan fingerprint density at radius 3 is 2.39 bits per heavy atom. The van der Waals surface area contributed by atoms with E-state index in [0.29, 0.717) is 48.5 Å². The summed E-state index contributed by atoms with van der Waals surface area (Å²) in [5, 5.41) is 9.72. The molecular weight excluding hydrogens is 416 g/mol. The molecule has 5 heteroatoms. The highest BCUT2D eigenvalue weighted by Gasteiger charge is 2.53. The predicted molar refractivity (Wildman–Crippen MR) is 128 cm³/mol. The summed E-state index contributed by atoms with van der Waals surface area (Å²) in [5.41, 5.74) is -0.673. The number of rotatable bonds is 6. The maximum atomic E-state index is 12.9. The van der Waals surface area contributed by atoms with E-state index >= 15 is 0 Å². The third-order valence-electron chi connectivity index (χ3n) is 8.97. The van der Waals surface area contributed by atoms with Crippen LogP contribution in [0.4, 0.5) is 0 Å². The van der Waals surface area contributed by atoms with E-state index in [0.717, 1.165) is 19.3 Å². The average molecular weight is 459 g/mol. The van der Waals surface area contributed by atoms with Crippen molar-refractivity contribution in [1.29, 1.82) is 0 Å². The second kappa shape index (κ2) is 9.85. The molecule has 2 unspecified atom stereocenters. The quantitative estimate of drug-likeness (QED) is 0.336. The molecule has 3 aliphatic rings. The number of ether oxygens (including phenoxy) is 1. The van der Waals surface area contributed by atoms with Crippen LogP contribution in [0.3, 0.4) is 0 Å². The first-order valence-electron chi connectivity index (χ1n) is 12.7. The summed E-state index contributed by atoms with van der Waals surface area (Å²) in [4.78, 5) is 38.1. The summed E-state index contributed by atoms with van der Waals surface area (Å²) in [7, 11) is 0. The summed E-state index contributed by atoms with van der Waals surface area (Å²) in [5.74, 6) is 1.21. The summed E-state index contributed by atoms with van der Waals surface area (Å²) in [6.07, 6.45) is 9.34. The number of Topliss-reactive ketones (excluding diaryl/α,β-unsaturated/α-hetero) is 2. The first-order valence-corrected chi connectivity index (χ1v) is 12.7. The minimum absolute atomic E-state index is 0.00247. The summed E-state index contributed by atoms with van der Waals surface area (Å²) < 4.78 is 5.59. The van der Waals surface area contributed by atoms with Crippen molar-refractivity contribution >= 4 is 17.5 Å². The van der Waals surface area contributed by atoms with Gasteiger partial charge in [0.25, 0.3) is 0 Å². The molecule has 0 radical (unpaired) electrons. The largest absolute Gasteiger partial charge is 0.448 e. The van der Waals surface area contributed by atoms with Crippen molar-refractivity contribution in [1.82, 2.24) is 0 Å². The molecule has 0 bridgehead atoms. The Morgan fingerprint density at radius 1 is 1.06 bits per heavy atom. The van der Waals surface area contributed by atoms with Gasteiger partial charge in [-0.3, -0.25) is 9.59 Å². The fourth-order valence-electron chi connectivity index (χ4n) is 6.21. The van der Waals surface area contributed by atoms with Crippen molar-refractivity contribution in [2.45, 2.75) is 98.2 Å². The maximum Gasteiger partial charge on any atom is 0.332 e. The molecule has 0 amide bonds. The number of allylic oxidation sites excluding steroid dienone is 3.